The molecule has 100 valence electrons. The van der Waals surface area contributed by atoms with Crippen LogP contribution in [0.25, 0.3) is 11.3 Å². The molecule has 3 rings (SSSR count). The summed E-state index contributed by atoms with van der Waals surface area (Å²) in [6, 6.07) is 8.34. The van der Waals surface area contributed by atoms with Crippen LogP contribution in [-0.4, -0.2) is 22.2 Å². The van der Waals surface area contributed by atoms with Crippen LogP contribution >= 0.6 is 50.8 Å². The molecule has 0 radical (unpaired) electrons. The maximum Gasteiger partial charge on any atom is 0.107 e. The van der Waals surface area contributed by atoms with E-state index in [-0.39, 0.29) is 0 Å². The Morgan fingerprint density at radius 1 is 1.26 bits per heavy atom. The van der Waals surface area contributed by atoms with E-state index in [2.05, 4.69) is 52.8 Å². The topological polar surface area (TPSA) is 12.9 Å². The lowest BCUT2D eigenvalue weighted by atomic mass is 10.1. The van der Waals surface area contributed by atoms with E-state index >= 15 is 0 Å². The van der Waals surface area contributed by atoms with E-state index in [1.54, 1.807) is 0 Å². The number of hydrogen-bond donors (Lipinski definition) is 0. The summed E-state index contributed by atoms with van der Waals surface area (Å²) in [5.74, 6) is 3.73. The van der Waals surface area contributed by atoms with Crippen LogP contribution in [0.1, 0.15) is 15.1 Å². The molecular formula is C14H14BrNS3. The van der Waals surface area contributed by atoms with E-state index in [1.807, 2.05) is 29.2 Å². The number of aromatic nitrogens is 1. The van der Waals surface area contributed by atoms with Gasteiger partial charge in [-0.3, -0.25) is 0 Å². The lowest BCUT2D eigenvalue weighted by Crippen LogP contribution is -2.06. The predicted molar refractivity (Wildman–Crippen MR) is 92.5 cm³/mol. The van der Waals surface area contributed by atoms with Crippen LogP contribution in [0.2, 0.25) is 0 Å². The molecule has 1 unspecified atom stereocenters. The zero-order chi connectivity index (χ0) is 13.2. The largest absolute Gasteiger partial charge is 0.240 e. The third kappa shape index (κ3) is 3.04. The van der Waals surface area contributed by atoms with Crippen LogP contribution in [0, 0.1) is 6.92 Å². The highest BCUT2D eigenvalue weighted by Crippen LogP contribution is 2.41. The Balaban J connectivity index is 1.95. The molecule has 2 heterocycles. The van der Waals surface area contributed by atoms with Crippen molar-refractivity contribution in [3.63, 3.8) is 0 Å². The van der Waals surface area contributed by atoms with Crippen LogP contribution < -0.4 is 0 Å². The molecular weight excluding hydrogens is 358 g/mol. The van der Waals surface area contributed by atoms with Crippen LogP contribution in [0.5, 0.6) is 0 Å². The van der Waals surface area contributed by atoms with Crippen LogP contribution in [0.15, 0.2) is 28.7 Å². The van der Waals surface area contributed by atoms with Gasteiger partial charge < -0.3 is 0 Å². The molecule has 1 aromatic heterocycles. The summed E-state index contributed by atoms with van der Waals surface area (Å²) in [5, 5.41) is 1.87. The number of thioether (sulfide) groups is 2. The molecule has 5 heteroatoms. The van der Waals surface area contributed by atoms with Crippen molar-refractivity contribution in [1.29, 1.82) is 0 Å². The summed E-state index contributed by atoms with van der Waals surface area (Å²) in [5.41, 5.74) is 2.35. The second-order valence-corrected chi connectivity index (χ2v) is 8.92. The van der Waals surface area contributed by atoms with Gasteiger partial charge in [0.1, 0.15) is 5.01 Å². The number of benzene rings is 1. The van der Waals surface area contributed by atoms with E-state index in [9.17, 15) is 0 Å². The van der Waals surface area contributed by atoms with E-state index in [0.29, 0.717) is 5.25 Å². The van der Waals surface area contributed by atoms with Crippen LogP contribution in [-0.2, 0) is 0 Å². The molecule has 0 bridgehead atoms. The fourth-order valence-corrected chi connectivity index (χ4v) is 6.48. The third-order valence-electron chi connectivity index (χ3n) is 3.03. The minimum atomic E-state index is 0.582. The minimum Gasteiger partial charge on any atom is -0.240 e. The van der Waals surface area contributed by atoms with Gasteiger partial charge in [0.2, 0.25) is 0 Å². The number of aryl methyl sites for hydroxylation is 1. The summed E-state index contributed by atoms with van der Waals surface area (Å²) in [7, 11) is 0. The van der Waals surface area contributed by atoms with Gasteiger partial charge in [0.15, 0.2) is 0 Å². The third-order valence-corrected chi connectivity index (χ3v) is 7.72. The van der Waals surface area contributed by atoms with E-state index < -0.39 is 0 Å². The van der Waals surface area contributed by atoms with Gasteiger partial charge in [-0.1, -0.05) is 34.1 Å². The number of rotatable bonds is 2. The molecule has 1 saturated heterocycles. The number of nitrogens with zero attached hydrogens (tertiary/aromatic N) is 1. The maximum atomic E-state index is 4.92. The average Bonchev–Trinajstić information content (AvgIpc) is 2.82. The highest BCUT2D eigenvalue weighted by molar-refractivity contribution is 9.10. The first-order chi connectivity index (χ1) is 9.25. The minimum absolute atomic E-state index is 0.582. The Kier molecular flexibility index (Phi) is 4.57. The van der Waals surface area contributed by atoms with E-state index in [0.717, 1.165) is 10.2 Å². The Labute approximate surface area is 134 Å². The summed E-state index contributed by atoms with van der Waals surface area (Å²) >= 11 is 9.59. The molecule has 1 aromatic carbocycles. The first-order valence-electron chi connectivity index (χ1n) is 6.17. The van der Waals surface area contributed by atoms with Crippen LogP contribution in [0.3, 0.4) is 0 Å². The fourth-order valence-electron chi connectivity index (χ4n) is 2.09. The van der Waals surface area contributed by atoms with Gasteiger partial charge >= 0.3 is 0 Å². The van der Waals surface area contributed by atoms with Gasteiger partial charge in [-0.2, -0.15) is 11.8 Å². The first-order valence-corrected chi connectivity index (χ1v) is 9.98. The zero-order valence-corrected chi connectivity index (χ0v) is 14.6. The molecule has 0 saturated carbocycles. The molecule has 0 N–H and O–H groups in total. The van der Waals surface area contributed by atoms with Crippen molar-refractivity contribution in [2.75, 3.05) is 17.3 Å². The normalized spacial score (nSPS) is 19.6. The molecule has 19 heavy (non-hydrogen) atoms. The summed E-state index contributed by atoms with van der Waals surface area (Å²) in [4.78, 5) is 6.24. The van der Waals surface area contributed by atoms with Gasteiger partial charge in [0.05, 0.1) is 10.9 Å². The molecule has 1 fully saturated rings. The molecule has 1 aliphatic heterocycles. The monoisotopic (exact) mass is 371 g/mol. The highest BCUT2D eigenvalue weighted by Gasteiger charge is 2.22. The zero-order valence-electron chi connectivity index (χ0n) is 10.6. The molecule has 0 aliphatic carbocycles. The van der Waals surface area contributed by atoms with Crippen molar-refractivity contribution in [2.24, 2.45) is 0 Å². The fraction of sp³-hybridized carbons (Fsp3) is 0.357. The Morgan fingerprint density at radius 2 is 2.11 bits per heavy atom. The van der Waals surface area contributed by atoms with E-state index in [1.165, 1.54) is 32.7 Å². The molecule has 2 aromatic rings. The summed E-state index contributed by atoms with van der Waals surface area (Å²) in [6.07, 6.45) is 0. The van der Waals surface area contributed by atoms with Crippen LogP contribution in [0.4, 0.5) is 0 Å². The maximum absolute atomic E-state index is 4.92. The molecule has 0 amide bonds. The lowest BCUT2D eigenvalue weighted by Gasteiger charge is -2.18. The van der Waals surface area contributed by atoms with Crippen molar-refractivity contribution in [1.82, 2.24) is 4.98 Å². The molecule has 1 aliphatic rings. The number of thiazole rings is 1. The average molecular weight is 372 g/mol. The molecule has 0 spiro atoms. The molecule has 1 atom stereocenters. The standard InChI is InChI=1S/C14H14BrNS3/c1-9-13(10-4-2-3-5-11(10)15)16-14(19-9)12-8-17-6-7-18-12/h2-5,12H,6-8H2,1H3. The van der Waals surface area contributed by atoms with Gasteiger partial charge in [-0.05, 0) is 13.0 Å². The quantitative estimate of drug-likeness (QED) is 0.700. The second kappa shape index (κ2) is 6.20. The highest BCUT2D eigenvalue weighted by atomic mass is 79.9. The number of hydrogen-bond acceptors (Lipinski definition) is 4. The van der Waals surface area contributed by atoms with E-state index in [4.69, 9.17) is 4.98 Å². The van der Waals surface area contributed by atoms with Gasteiger partial charge in [0, 0.05) is 32.2 Å². The Morgan fingerprint density at radius 3 is 2.84 bits per heavy atom. The van der Waals surface area contributed by atoms with Crippen molar-refractivity contribution in [2.45, 2.75) is 12.2 Å². The Hall–Kier alpha value is 0.0300. The first kappa shape index (κ1) is 14.0. The van der Waals surface area contributed by atoms with Crippen molar-refractivity contribution in [3.8, 4) is 11.3 Å². The smallest absolute Gasteiger partial charge is 0.107 e. The summed E-state index contributed by atoms with van der Waals surface area (Å²) in [6.45, 7) is 2.18. The van der Waals surface area contributed by atoms with Gasteiger partial charge in [0.25, 0.3) is 0 Å². The Bertz CT molecular complexity index is 576. The van der Waals surface area contributed by atoms with Crippen molar-refractivity contribution >= 4 is 50.8 Å². The predicted octanol–water partition coefficient (Wildman–Crippen LogP) is 5.40. The number of halogens is 1. The lowest BCUT2D eigenvalue weighted by molar-refractivity contribution is 1.06. The van der Waals surface area contributed by atoms with Gasteiger partial charge in [-0.25, -0.2) is 4.98 Å². The van der Waals surface area contributed by atoms with Crippen molar-refractivity contribution in [3.05, 3.63) is 38.6 Å². The SMILES string of the molecule is Cc1sc(C2CSCCS2)nc1-c1ccccc1Br. The summed E-state index contributed by atoms with van der Waals surface area (Å²) < 4.78 is 1.13. The van der Waals surface area contributed by atoms with Crippen molar-refractivity contribution < 1.29 is 0 Å². The van der Waals surface area contributed by atoms with Gasteiger partial charge in [-0.15, -0.1) is 23.1 Å². The second-order valence-electron chi connectivity index (χ2n) is 4.37. The molecule has 1 nitrogen and oxygen atoms in total.